The van der Waals surface area contributed by atoms with Crippen molar-refractivity contribution < 1.29 is 28.8 Å². The van der Waals surface area contributed by atoms with Crippen LogP contribution in [-0.4, -0.2) is 91.4 Å². The fourth-order valence-corrected chi connectivity index (χ4v) is 9.02. The number of H-pyrrole nitrogens is 1. The highest BCUT2D eigenvalue weighted by Gasteiger charge is 2.78. The normalized spacial score (nSPS) is 33.0. The summed E-state index contributed by atoms with van der Waals surface area (Å²) in [5, 5.41) is 31.5. The van der Waals surface area contributed by atoms with Crippen LogP contribution in [0.4, 0.5) is 11.9 Å². The molecule has 3 fully saturated rings. The molecule has 0 spiro atoms. The molecule has 40 heavy (non-hydrogen) atoms. The third-order valence-electron chi connectivity index (χ3n) is 7.83. The monoisotopic (exact) mass is 593 g/mol. The van der Waals surface area contributed by atoms with Gasteiger partial charge in [0.05, 0.1) is 37.7 Å². The Bertz CT molecular complexity index is 1750. The van der Waals surface area contributed by atoms with E-state index in [2.05, 4.69) is 47.6 Å². The Morgan fingerprint density at radius 3 is 2.90 bits per heavy atom. The van der Waals surface area contributed by atoms with Crippen LogP contribution in [0.2, 0.25) is 0 Å². The molecule has 2 aliphatic heterocycles. The zero-order valence-corrected chi connectivity index (χ0v) is 22.3. The number of aliphatic hydroxyl groups is 2. The number of anilines is 2. The number of aliphatic hydroxyl groups excluding tert-OH is 2. The lowest BCUT2D eigenvalue weighted by atomic mass is 10.1. The minimum absolute atomic E-state index is 0.0263. The van der Waals surface area contributed by atoms with E-state index in [0.717, 1.165) is 0 Å². The van der Waals surface area contributed by atoms with Crippen LogP contribution < -0.4 is 17.0 Å². The van der Waals surface area contributed by atoms with E-state index in [-0.39, 0.29) is 48.6 Å². The molecule has 4 aromatic rings. The van der Waals surface area contributed by atoms with E-state index in [0.29, 0.717) is 17.6 Å². The van der Waals surface area contributed by atoms with Crippen molar-refractivity contribution in [2.75, 3.05) is 24.7 Å². The number of nitrogen functional groups attached to an aromatic ring is 2. The predicted octanol–water partition coefficient (Wildman–Crippen LogP) is -1.20. The van der Waals surface area contributed by atoms with Crippen LogP contribution in [0.15, 0.2) is 17.3 Å². The van der Waals surface area contributed by atoms with E-state index in [1.54, 1.807) is 6.20 Å². The van der Waals surface area contributed by atoms with Crippen molar-refractivity contribution in [3.05, 3.63) is 28.4 Å². The molecule has 1 saturated carbocycles. The minimum atomic E-state index is -3.85. The maximum absolute atomic E-state index is 14.1. The van der Waals surface area contributed by atoms with Crippen LogP contribution in [0.1, 0.15) is 30.7 Å². The predicted molar refractivity (Wildman–Crippen MR) is 138 cm³/mol. The smallest absolute Gasteiger partial charge is 0.282 e. The summed E-state index contributed by atoms with van der Waals surface area (Å²) in [7, 11) is 0. The van der Waals surface area contributed by atoms with Crippen molar-refractivity contribution in [2.45, 2.75) is 48.6 Å². The molecule has 0 aromatic carbocycles. The fraction of sp³-hybridized carbons (Fsp3) is 0.550. The molecule has 20 heteroatoms. The number of nitrogens with zero attached hydrogens (tertiary/aromatic N) is 8. The Morgan fingerprint density at radius 2 is 2.10 bits per heavy atom. The molecule has 0 radical (unpaired) electrons. The highest BCUT2D eigenvalue weighted by atomic mass is 32.7. The lowest BCUT2D eigenvalue weighted by Gasteiger charge is -2.28. The van der Waals surface area contributed by atoms with Crippen molar-refractivity contribution >= 4 is 47.5 Å². The summed E-state index contributed by atoms with van der Waals surface area (Å²) in [6.45, 7) is -4.45. The van der Waals surface area contributed by atoms with Crippen LogP contribution in [0.5, 0.6) is 0 Å². The standard InChI is InChI=1S/C20H24N11O7PS/c21-18-26-15-13(16(34)27-18)28-29-30(15)17-20(2-8(20)11(4-32)38-17)39(35,40)36-5-12-9(33)1-10(37-12)7-3-25-31-14(7)23-6-24-19(31)22/h3,6,8-12,17,32-33H,1-2,4-5H2,(H,35,40)(H2,22,23,24)(H3,21,26,27,34)/t8-,9-,10+,11+,12+,17+,20-,39?/m0/s1. The highest BCUT2D eigenvalue weighted by molar-refractivity contribution is 8.46. The van der Waals surface area contributed by atoms with Crippen LogP contribution in [0, 0.1) is 5.92 Å². The number of aromatic nitrogens is 9. The summed E-state index contributed by atoms with van der Waals surface area (Å²) in [5.74, 6) is -0.386. The van der Waals surface area contributed by atoms with Gasteiger partial charge in [0.15, 0.2) is 23.0 Å². The van der Waals surface area contributed by atoms with Gasteiger partial charge in [-0.2, -0.15) is 19.3 Å². The van der Waals surface area contributed by atoms with Gasteiger partial charge in [0.2, 0.25) is 11.9 Å². The summed E-state index contributed by atoms with van der Waals surface area (Å²) in [6.07, 6.45) is -0.700. The van der Waals surface area contributed by atoms with E-state index >= 15 is 0 Å². The molecule has 8 atom stereocenters. The van der Waals surface area contributed by atoms with E-state index in [1.165, 1.54) is 15.5 Å². The highest BCUT2D eigenvalue weighted by Crippen LogP contribution is 2.83. The number of fused-ring (bicyclic) bond motifs is 3. The van der Waals surface area contributed by atoms with E-state index in [9.17, 15) is 19.6 Å². The van der Waals surface area contributed by atoms with Crippen LogP contribution in [-0.2, 0) is 18.6 Å². The largest absolute Gasteiger partial charge is 0.394 e. The van der Waals surface area contributed by atoms with Gasteiger partial charge in [0, 0.05) is 17.9 Å². The Kier molecular flexibility index (Phi) is 5.73. The van der Waals surface area contributed by atoms with Gasteiger partial charge in [-0.05, 0) is 6.42 Å². The van der Waals surface area contributed by atoms with Crippen molar-refractivity contribution in [3.63, 3.8) is 0 Å². The molecule has 0 amide bonds. The topological polar surface area (TPSA) is 257 Å². The second-order valence-electron chi connectivity index (χ2n) is 10.0. The van der Waals surface area contributed by atoms with Gasteiger partial charge in [-0.15, -0.1) is 5.10 Å². The number of hydrogen-bond acceptors (Lipinski definition) is 15. The molecule has 212 valence electrons. The first-order chi connectivity index (χ1) is 19.1. The second-order valence-corrected chi connectivity index (χ2v) is 13.7. The molecule has 7 rings (SSSR count). The SMILES string of the molecule is Nc1nc2c(nnn2[C@@H]2O[C@H](CO)[C@@H]3C[C@]32P(=O)(S)OC[C@H]2O[C@@H](c3cnn4c(N)ncnc34)C[C@@H]2O)c(=O)[nH]1. The van der Waals surface area contributed by atoms with Crippen LogP contribution in [0.25, 0.3) is 16.8 Å². The van der Waals surface area contributed by atoms with Gasteiger partial charge >= 0.3 is 0 Å². The summed E-state index contributed by atoms with van der Waals surface area (Å²) in [4.78, 5) is 26.8. The molecule has 7 N–H and O–H groups in total. The van der Waals surface area contributed by atoms with Gasteiger partial charge in [0.25, 0.3) is 12.1 Å². The van der Waals surface area contributed by atoms with E-state index < -0.39 is 47.9 Å². The Balaban J connectivity index is 1.14. The zero-order chi connectivity index (χ0) is 28.0. The molecule has 2 saturated heterocycles. The van der Waals surface area contributed by atoms with Crippen LogP contribution >= 0.6 is 18.8 Å². The van der Waals surface area contributed by atoms with Crippen LogP contribution in [0.3, 0.4) is 0 Å². The molecule has 1 unspecified atom stereocenters. The van der Waals surface area contributed by atoms with E-state index in [1.807, 2.05) is 0 Å². The molecule has 1 aliphatic carbocycles. The van der Waals surface area contributed by atoms with E-state index in [4.69, 9.17) is 25.5 Å². The summed E-state index contributed by atoms with van der Waals surface area (Å²) >= 11 is 4.47. The van der Waals surface area contributed by atoms with Gasteiger partial charge in [-0.3, -0.25) is 14.3 Å². The number of rotatable bonds is 7. The number of ether oxygens (including phenoxy) is 2. The van der Waals surface area contributed by atoms with Gasteiger partial charge in [-0.1, -0.05) is 17.5 Å². The zero-order valence-electron chi connectivity index (χ0n) is 20.5. The third-order valence-corrected chi connectivity index (χ3v) is 11.6. The Labute approximate surface area is 228 Å². The summed E-state index contributed by atoms with van der Waals surface area (Å²) < 4.78 is 34.7. The number of thiol groups is 1. The molecule has 6 heterocycles. The Morgan fingerprint density at radius 1 is 1.27 bits per heavy atom. The second kappa shape index (κ2) is 8.90. The number of aromatic amines is 1. The van der Waals surface area contributed by atoms with Gasteiger partial charge in [0.1, 0.15) is 17.6 Å². The Hall–Kier alpha value is -3.19. The average Bonchev–Trinajstić information content (AvgIpc) is 3.27. The first-order valence-electron chi connectivity index (χ1n) is 12.3. The quantitative estimate of drug-likeness (QED) is 0.109. The summed E-state index contributed by atoms with van der Waals surface area (Å²) in [6, 6.07) is 0. The fourth-order valence-electron chi connectivity index (χ4n) is 5.78. The number of nitrogens with two attached hydrogens (primary N) is 2. The maximum Gasteiger partial charge on any atom is 0.282 e. The third kappa shape index (κ3) is 3.62. The average molecular weight is 594 g/mol. The lowest BCUT2D eigenvalue weighted by Crippen LogP contribution is -2.30. The van der Waals surface area contributed by atoms with Crippen molar-refractivity contribution in [3.8, 4) is 0 Å². The molecule has 3 aliphatic rings. The molecule has 0 bridgehead atoms. The molecular weight excluding hydrogens is 569 g/mol. The van der Waals surface area contributed by atoms with Crippen molar-refractivity contribution in [1.29, 1.82) is 0 Å². The first kappa shape index (κ1) is 25.8. The summed E-state index contributed by atoms with van der Waals surface area (Å²) in [5.41, 5.74) is 12.0. The van der Waals surface area contributed by atoms with Gasteiger partial charge < -0.3 is 35.7 Å². The lowest BCUT2D eigenvalue weighted by molar-refractivity contribution is -0.0528. The molecule has 4 aromatic heterocycles. The maximum atomic E-state index is 14.1. The van der Waals surface area contributed by atoms with Gasteiger partial charge in [-0.25, -0.2) is 9.97 Å². The number of nitrogens with one attached hydrogen (secondary N) is 1. The van der Waals surface area contributed by atoms with Crippen molar-refractivity contribution in [1.82, 2.24) is 44.5 Å². The first-order valence-corrected chi connectivity index (χ1v) is 15.0. The number of hydrogen-bond donors (Lipinski definition) is 6. The van der Waals surface area contributed by atoms with Crippen molar-refractivity contribution in [2.24, 2.45) is 5.92 Å². The minimum Gasteiger partial charge on any atom is -0.394 e. The molecule has 18 nitrogen and oxygen atoms in total. The molecular formula is C20H24N11O7PS.